The van der Waals surface area contributed by atoms with Gasteiger partial charge in [0.25, 0.3) is 0 Å². The highest BCUT2D eigenvalue weighted by atomic mass is 35.5. The monoisotopic (exact) mass is 569 g/mol. The largest absolute Gasteiger partial charge is 0.399 e. The van der Waals surface area contributed by atoms with Gasteiger partial charge >= 0.3 is 0 Å². The van der Waals surface area contributed by atoms with Gasteiger partial charge in [0.05, 0.1) is 24.2 Å². The van der Waals surface area contributed by atoms with E-state index in [0.717, 1.165) is 50.8 Å². The van der Waals surface area contributed by atoms with Gasteiger partial charge < -0.3 is 24.9 Å². The number of carbonyl (C=O) groups is 2. The molecular formula is C28H45Cl2N5O3. The Hall–Kier alpha value is -1.87. The molecular weight excluding hydrogens is 525 g/mol. The highest BCUT2D eigenvalue weighted by Gasteiger charge is 2.39. The molecule has 1 heterocycles. The second kappa shape index (κ2) is 16.3. The van der Waals surface area contributed by atoms with Crippen LogP contribution in [0, 0.1) is 5.92 Å². The maximum atomic E-state index is 13.8. The second-order valence-electron chi connectivity index (χ2n) is 10.6. The van der Waals surface area contributed by atoms with Gasteiger partial charge in [-0.05, 0) is 64.4 Å². The number of rotatable bonds is 12. The van der Waals surface area contributed by atoms with E-state index in [9.17, 15) is 9.59 Å². The molecule has 214 valence electrons. The van der Waals surface area contributed by atoms with Gasteiger partial charge in [0.1, 0.15) is 7.11 Å². The van der Waals surface area contributed by atoms with Crippen LogP contribution in [-0.4, -0.2) is 98.2 Å². The van der Waals surface area contributed by atoms with Gasteiger partial charge in [-0.2, -0.15) is 0 Å². The number of amides is 2. The van der Waals surface area contributed by atoms with Gasteiger partial charge in [0.15, 0.2) is 0 Å². The fourth-order valence-corrected chi connectivity index (χ4v) is 5.55. The highest BCUT2D eigenvalue weighted by molar-refractivity contribution is 6.30. The Balaban J connectivity index is 0.00000507. The number of hydrogen-bond donors (Lipinski definition) is 1. The number of carbonyl (C=O) groups excluding carboxylic acids is 2. The molecule has 2 amide bonds. The number of benzene rings is 1. The number of oxime groups is 1. The number of nitrogens with one attached hydrogen (secondary N) is 1. The molecule has 1 saturated carbocycles. The summed E-state index contributed by atoms with van der Waals surface area (Å²) in [6.45, 7) is 4.67. The van der Waals surface area contributed by atoms with Crippen LogP contribution in [-0.2, 0) is 20.8 Å². The zero-order chi connectivity index (χ0) is 26.8. The quantitative estimate of drug-likeness (QED) is 0.305. The van der Waals surface area contributed by atoms with E-state index in [0.29, 0.717) is 24.5 Å². The van der Waals surface area contributed by atoms with Crippen LogP contribution in [0.15, 0.2) is 29.4 Å². The Morgan fingerprint density at radius 3 is 2.47 bits per heavy atom. The Kier molecular flexibility index (Phi) is 13.9. The van der Waals surface area contributed by atoms with Crippen molar-refractivity contribution in [2.24, 2.45) is 11.1 Å². The maximum Gasteiger partial charge on any atom is 0.240 e. The second-order valence-corrected chi connectivity index (χ2v) is 11.1. The molecule has 0 radical (unpaired) electrons. The summed E-state index contributed by atoms with van der Waals surface area (Å²) in [6, 6.07) is 7.62. The average molecular weight is 571 g/mol. The molecule has 3 rings (SSSR count). The zero-order valence-corrected chi connectivity index (χ0v) is 24.8. The van der Waals surface area contributed by atoms with E-state index in [2.05, 4.69) is 20.3 Å². The number of halogens is 2. The first kappa shape index (κ1) is 32.3. The predicted octanol–water partition coefficient (Wildman–Crippen LogP) is 3.85. The predicted molar refractivity (Wildman–Crippen MR) is 156 cm³/mol. The molecule has 1 aliphatic heterocycles. The molecule has 2 fully saturated rings. The maximum absolute atomic E-state index is 13.8. The van der Waals surface area contributed by atoms with Crippen molar-refractivity contribution in [3.05, 3.63) is 34.9 Å². The third kappa shape index (κ3) is 9.40. The topological polar surface area (TPSA) is 77.5 Å². The van der Waals surface area contributed by atoms with E-state index in [1.165, 1.54) is 13.5 Å². The first-order valence-corrected chi connectivity index (χ1v) is 14.0. The van der Waals surface area contributed by atoms with Crippen LogP contribution in [0.4, 0.5) is 0 Å². The first-order valence-electron chi connectivity index (χ1n) is 13.6. The Morgan fingerprint density at radius 1 is 1.16 bits per heavy atom. The molecule has 2 aliphatic rings. The lowest BCUT2D eigenvalue weighted by atomic mass is 9.92. The standard InChI is InChI=1S/C28H44ClN5O3.ClH/c1-21(19-31-37-4)27(35)34(24-8-6-5-7-9-24)25-14-16-33(20-25)28(36)26(30-15-17-32(2)3)18-22-10-12-23(29)13-11-22;/h10-13,19,21,24-26,30H,5-9,14-18,20H2,1-4H3;1H/t21?,25-,26+;/m0./s1. The van der Waals surface area contributed by atoms with Crippen molar-refractivity contribution in [3.63, 3.8) is 0 Å². The van der Waals surface area contributed by atoms with Crippen LogP contribution in [0.2, 0.25) is 5.02 Å². The molecule has 1 aromatic rings. The van der Waals surface area contributed by atoms with Crippen molar-refractivity contribution in [1.29, 1.82) is 0 Å². The summed E-state index contributed by atoms with van der Waals surface area (Å²) < 4.78 is 0. The lowest BCUT2D eigenvalue weighted by Gasteiger charge is -2.39. The fourth-order valence-electron chi connectivity index (χ4n) is 5.42. The molecule has 0 spiro atoms. The first-order chi connectivity index (χ1) is 17.8. The lowest BCUT2D eigenvalue weighted by molar-refractivity contribution is -0.140. The summed E-state index contributed by atoms with van der Waals surface area (Å²) in [6.07, 6.45) is 8.53. The molecule has 1 aromatic carbocycles. The summed E-state index contributed by atoms with van der Waals surface area (Å²) in [5.41, 5.74) is 1.07. The Bertz CT molecular complexity index is 893. The fraction of sp³-hybridized carbons (Fsp3) is 0.679. The minimum absolute atomic E-state index is 0. The molecule has 0 aromatic heterocycles. The minimum atomic E-state index is -0.364. The SMILES string of the molecule is CON=CC(C)C(=O)N(C1CCCCC1)[C@H]1CCN(C(=O)[C@@H](Cc2ccc(Cl)cc2)NCCN(C)C)C1.Cl. The zero-order valence-electron chi connectivity index (χ0n) is 23.3. The van der Waals surface area contributed by atoms with E-state index in [4.69, 9.17) is 16.4 Å². The molecule has 1 unspecified atom stereocenters. The summed E-state index contributed by atoms with van der Waals surface area (Å²) in [5, 5.41) is 8.01. The number of likely N-dealkylation sites (tertiary alicyclic amines) is 1. The van der Waals surface area contributed by atoms with Crippen molar-refractivity contribution < 1.29 is 14.4 Å². The van der Waals surface area contributed by atoms with Crippen LogP contribution < -0.4 is 5.32 Å². The number of hydrogen-bond acceptors (Lipinski definition) is 6. The van der Waals surface area contributed by atoms with Gasteiger partial charge in [0.2, 0.25) is 11.8 Å². The van der Waals surface area contributed by atoms with Gasteiger partial charge in [0, 0.05) is 37.2 Å². The van der Waals surface area contributed by atoms with Gasteiger partial charge in [-0.3, -0.25) is 9.59 Å². The van der Waals surface area contributed by atoms with Gasteiger partial charge in [-0.15, -0.1) is 12.4 Å². The van der Waals surface area contributed by atoms with Crippen LogP contribution in [0.5, 0.6) is 0 Å². The van der Waals surface area contributed by atoms with E-state index in [1.807, 2.05) is 50.2 Å². The van der Waals surface area contributed by atoms with Crippen molar-refractivity contribution in [3.8, 4) is 0 Å². The molecule has 1 aliphatic carbocycles. The Morgan fingerprint density at radius 2 is 1.84 bits per heavy atom. The number of nitrogens with zero attached hydrogens (tertiary/aromatic N) is 4. The molecule has 10 heteroatoms. The van der Waals surface area contributed by atoms with E-state index < -0.39 is 0 Å². The molecule has 1 N–H and O–H groups in total. The summed E-state index contributed by atoms with van der Waals surface area (Å²) >= 11 is 6.07. The summed E-state index contributed by atoms with van der Waals surface area (Å²) in [5.74, 6) is -0.188. The smallest absolute Gasteiger partial charge is 0.240 e. The van der Waals surface area contributed by atoms with E-state index in [-0.39, 0.29) is 48.3 Å². The third-order valence-electron chi connectivity index (χ3n) is 7.47. The number of likely N-dealkylation sites (N-methyl/N-ethyl adjacent to an activating group) is 1. The van der Waals surface area contributed by atoms with Crippen LogP contribution >= 0.6 is 24.0 Å². The van der Waals surface area contributed by atoms with Crippen molar-refractivity contribution in [2.75, 3.05) is 47.4 Å². The molecule has 3 atom stereocenters. The van der Waals surface area contributed by atoms with Crippen molar-refractivity contribution in [1.82, 2.24) is 20.0 Å². The highest BCUT2D eigenvalue weighted by Crippen LogP contribution is 2.29. The summed E-state index contributed by atoms with van der Waals surface area (Å²) in [7, 11) is 5.54. The van der Waals surface area contributed by atoms with Crippen molar-refractivity contribution >= 4 is 42.0 Å². The normalized spacial score (nSPS) is 19.8. The molecule has 38 heavy (non-hydrogen) atoms. The van der Waals surface area contributed by atoms with Crippen LogP contribution in [0.3, 0.4) is 0 Å². The van der Waals surface area contributed by atoms with E-state index in [1.54, 1.807) is 6.21 Å². The van der Waals surface area contributed by atoms with Crippen LogP contribution in [0.25, 0.3) is 0 Å². The van der Waals surface area contributed by atoms with Gasteiger partial charge in [-0.25, -0.2) is 0 Å². The van der Waals surface area contributed by atoms with Crippen LogP contribution in [0.1, 0.15) is 51.0 Å². The minimum Gasteiger partial charge on any atom is -0.399 e. The third-order valence-corrected chi connectivity index (χ3v) is 7.72. The molecule has 0 bridgehead atoms. The Labute approximate surface area is 239 Å². The summed E-state index contributed by atoms with van der Waals surface area (Å²) in [4.78, 5) is 38.3. The molecule has 1 saturated heterocycles. The van der Waals surface area contributed by atoms with Crippen molar-refractivity contribution in [2.45, 2.75) is 70.0 Å². The van der Waals surface area contributed by atoms with Gasteiger partial charge in [-0.1, -0.05) is 48.2 Å². The average Bonchev–Trinajstić information content (AvgIpc) is 3.37. The van der Waals surface area contributed by atoms with E-state index >= 15 is 0 Å². The molecule has 8 nitrogen and oxygen atoms in total. The lowest BCUT2D eigenvalue weighted by Crippen LogP contribution is -2.53.